The second kappa shape index (κ2) is 27.7. The zero-order valence-corrected chi connectivity index (χ0v) is 66.8. The average Bonchev–Trinajstić information content (AvgIpc) is 1.08. The van der Waals surface area contributed by atoms with E-state index < -0.39 is 179 Å². The first-order valence-corrected chi connectivity index (χ1v) is 39.3. The summed E-state index contributed by atoms with van der Waals surface area (Å²) < 4.78 is 224. The molecule has 0 radical (unpaired) electrons. The Morgan fingerprint density at radius 3 is 1.08 bits per heavy atom. The Balaban J connectivity index is 1.07. The number of aromatic nitrogens is 5. The summed E-state index contributed by atoms with van der Waals surface area (Å²) in [6.45, 7) is 24.3. The smallest absolute Gasteiger partial charge is 0.252 e. The Bertz CT molecular complexity index is 8080. The maximum absolute atomic E-state index is 10.4. The third kappa shape index (κ3) is 12.5. The fourth-order valence-corrected chi connectivity index (χ4v) is 16.9. The number of hydrogen-bond donors (Lipinski definition) is 0. The Labute approximate surface area is 719 Å². The van der Waals surface area contributed by atoms with Crippen LogP contribution in [0.1, 0.15) is 137 Å². The Hall–Kier alpha value is -13.4. The van der Waals surface area contributed by atoms with Crippen LogP contribution in [0.2, 0.25) is 0 Å². The number of fused-ring (bicyclic) bond motifs is 10. The van der Waals surface area contributed by atoms with Gasteiger partial charge in [-0.25, -0.2) is 15.0 Å². The highest BCUT2D eigenvalue weighted by Gasteiger charge is 2.47. The molecule has 3 aromatic heterocycles. The van der Waals surface area contributed by atoms with Gasteiger partial charge in [0, 0.05) is 83.4 Å². The van der Waals surface area contributed by atoms with Crippen molar-refractivity contribution in [1.82, 2.24) is 24.1 Å². The maximum Gasteiger partial charge on any atom is 0.252 e. The summed E-state index contributed by atoms with van der Waals surface area (Å²) in [6, 6.07) is 50.0. The van der Waals surface area contributed by atoms with E-state index in [2.05, 4.69) is 139 Å². The SMILES string of the molecule is [2H]c1c([2H])c([2H])c(-c2ccc3c(c2)N(c2c(-c4ccccc4)cc(C(C)(C)C)cc2-c2ccccc2)c2cc(-n4c5c([2H])c([2H])c([2H])c([2H])c5c5c([2H])c([2H])c([2H])c([2H])c54)cc4c2B3c2ccc(-n3c5ccc(C(C)(C)C)cc5c5cc(C(C)(C)C)ccc53)cc2N4c2c(-c3ccccc3)cc(C(C)(C)C)cc2-c2nc(-c3c([2H])c([2H])c([2H])c([2H])c3[2H])nc(-c3c([2H])c([2H])c([2H])c([2H])c3[2H])n2)c([2H])c1[2H]. The average molecular weight is 1530 g/mol. The van der Waals surface area contributed by atoms with Crippen molar-refractivity contribution in [2.75, 3.05) is 9.80 Å². The van der Waals surface area contributed by atoms with Crippen LogP contribution in [0, 0.1) is 0 Å². The van der Waals surface area contributed by atoms with Crippen molar-refractivity contribution in [2.45, 2.75) is 105 Å². The zero-order chi connectivity index (χ0) is 100.0. The minimum atomic E-state index is -1.03. The van der Waals surface area contributed by atoms with E-state index in [1.165, 1.54) is 4.57 Å². The number of anilines is 6. The van der Waals surface area contributed by atoms with Crippen molar-refractivity contribution < 1.29 is 31.5 Å². The van der Waals surface area contributed by atoms with E-state index in [1.54, 1.807) is 6.07 Å². The molecule has 0 saturated carbocycles. The molecule has 0 saturated heterocycles. The summed E-state index contributed by atoms with van der Waals surface area (Å²) in [4.78, 5) is 19.7. The lowest BCUT2D eigenvalue weighted by atomic mass is 9.33. The molecule has 0 aliphatic carbocycles. The molecule has 0 amide bonds. The van der Waals surface area contributed by atoms with E-state index in [0.717, 1.165) is 49.6 Å². The maximum atomic E-state index is 10.4. The second-order valence-electron chi connectivity index (χ2n) is 34.3. The first-order valence-electron chi connectivity index (χ1n) is 50.8. The first-order chi connectivity index (χ1) is 66.1. The highest BCUT2D eigenvalue weighted by atomic mass is 15.2. The van der Waals surface area contributed by atoms with Gasteiger partial charge in [0.1, 0.15) is 0 Å². The van der Waals surface area contributed by atoms with E-state index in [4.69, 9.17) is 19.1 Å². The molecule has 0 spiro atoms. The molecule has 117 heavy (non-hydrogen) atoms. The molecule has 18 aromatic rings. The van der Waals surface area contributed by atoms with Crippen LogP contribution in [0.5, 0.6) is 0 Å². The van der Waals surface area contributed by atoms with E-state index in [9.17, 15) is 27.4 Å². The highest BCUT2D eigenvalue weighted by Crippen LogP contribution is 2.56. The lowest BCUT2D eigenvalue weighted by Crippen LogP contribution is -2.61. The highest BCUT2D eigenvalue weighted by molar-refractivity contribution is 7.00. The molecule has 0 atom stereocenters. The number of para-hydroxylation sites is 2. The summed E-state index contributed by atoms with van der Waals surface area (Å²) in [5.41, 5.74) is 10.1. The molecule has 5 heterocycles. The monoisotopic (exact) mass is 1530 g/mol. The van der Waals surface area contributed by atoms with Gasteiger partial charge in [-0.15, -0.1) is 0 Å². The predicted molar refractivity (Wildman–Crippen MR) is 495 cm³/mol. The van der Waals surface area contributed by atoms with Gasteiger partial charge in [-0.1, -0.05) is 331 Å². The molecule has 2 aliphatic rings. The normalized spacial score (nSPS) is 15.7. The largest absolute Gasteiger partial charge is 0.310 e. The molecule has 0 fully saturated rings. The molecule has 2 aliphatic heterocycles. The van der Waals surface area contributed by atoms with Gasteiger partial charge >= 0.3 is 0 Å². The van der Waals surface area contributed by atoms with E-state index in [1.807, 2.05) is 153 Å². The van der Waals surface area contributed by atoms with Crippen LogP contribution in [-0.4, -0.2) is 30.8 Å². The number of benzene rings is 15. The van der Waals surface area contributed by atoms with Gasteiger partial charge in [0.25, 0.3) is 6.71 Å². The van der Waals surface area contributed by atoms with Crippen molar-refractivity contribution in [3.8, 4) is 90.0 Å². The molecule has 8 heteroatoms. The molecule has 566 valence electrons. The zero-order valence-electron chi connectivity index (χ0n) is 89.8. The van der Waals surface area contributed by atoms with E-state index >= 15 is 0 Å². The molecule has 7 nitrogen and oxygen atoms in total. The second-order valence-corrected chi connectivity index (χ2v) is 34.3. The Morgan fingerprint density at radius 1 is 0.265 bits per heavy atom. The predicted octanol–water partition coefficient (Wildman–Crippen LogP) is 27.0. The van der Waals surface area contributed by atoms with Crippen LogP contribution in [0.4, 0.5) is 34.1 Å². The van der Waals surface area contributed by atoms with Gasteiger partial charge in [-0.05, 0) is 179 Å². The van der Waals surface area contributed by atoms with Crippen LogP contribution in [0.25, 0.3) is 134 Å². The topological polar surface area (TPSA) is 55.0 Å². The summed E-state index contributed by atoms with van der Waals surface area (Å²) in [5, 5.41) is 1.41. The first kappa shape index (κ1) is 51.4. The summed E-state index contributed by atoms with van der Waals surface area (Å²) in [7, 11) is 0. The third-order valence-electron chi connectivity index (χ3n) is 22.9. The third-order valence-corrected chi connectivity index (χ3v) is 22.9. The van der Waals surface area contributed by atoms with Gasteiger partial charge in [-0.3, -0.25) is 0 Å². The molecule has 0 N–H and O–H groups in total. The summed E-state index contributed by atoms with van der Waals surface area (Å²) in [5.74, 6) is -1.44. The minimum Gasteiger partial charge on any atom is -0.310 e. The van der Waals surface area contributed by atoms with E-state index in [-0.39, 0.29) is 72.2 Å². The molecule has 0 bridgehead atoms. The van der Waals surface area contributed by atoms with Gasteiger partial charge in [0.2, 0.25) is 0 Å². The van der Waals surface area contributed by atoms with Gasteiger partial charge in [0.15, 0.2) is 17.5 Å². The van der Waals surface area contributed by atoms with E-state index in [0.29, 0.717) is 72.6 Å². The lowest BCUT2D eigenvalue weighted by molar-refractivity contribution is 0.590. The van der Waals surface area contributed by atoms with Crippen LogP contribution in [-0.2, 0) is 21.7 Å². The van der Waals surface area contributed by atoms with Gasteiger partial charge < -0.3 is 18.9 Å². The van der Waals surface area contributed by atoms with Crippen molar-refractivity contribution in [3.63, 3.8) is 0 Å². The lowest BCUT2D eigenvalue weighted by Gasteiger charge is -2.46. The molecule has 20 rings (SSSR count). The van der Waals surface area contributed by atoms with Crippen LogP contribution in [0.3, 0.4) is 0 Å². The molecular weight excluding hydrogens is 1420 g/mol. The number of hydrogen-bond acceptors (Lipinski definition) is 5. The molecule has 0 unspecified atom stereocenters. The fraction of sp³-hybridized carbons (Fsp3) is 0.147. The molecule has 15 aromatic carbocycles. The van der Waals surface area contributed by atoms with Crippen molar-refractivity contribution in [2.24, 2.45) is 0 Å². The fourth-order valence-electron chi connectivity index (χ4n) is 16.9. The van der Waals surface area contributed by atoms with Gasteiger partial charge in [-0.2, -0.15) is 0 Å². The number of nitrogens with zero attached hydrogens (tertiary/aromatic N) is 7. The Morgan fingerprint density at radius 2 is 0.632 bits per heavy atom. The quantitative estimate of drug-likeness (QED) is 0.121. The summed E-state index contributed by atoms with van der Waals surface area (Å²) in [6.07, 6.45) is 0. The summed E-state index contributed by atoms with van der Waals surface area (Å²) >= 11 is 0. The van der Waals surface area contributed by atoms with Crippen LogP contribution < -0.4 is 26.2 Å². The van der Waals surface area contributed by atoms with Crippen molar-refractivity contribution in [3.05, 3.63) is 361 Å². The number of rotatable bonds is 11. The standard InChI is InChI=1S/C109H92BN7/c1-106(2,3)76-52-57-94-87(60-76)88-61-77(107(4,5)6)53-58-95(88)114(94)80-54-56-91-97(66-80)117(102-86(72-41-25-16-26-42-72)64-79(109(10,11)12)65-89(102)105-112-103(73-43-27-17-28-44-73)111-104(113-105)74-45-29-18-30-46-74)99-68-81(115-92-49-33-31-47-82(92)83-48-32-34-50-93(83)115)67-98-100(99)110(91)90-55-51-75(69-35-19-13-20-36-69)59-96(90)116(98)101-84(70-37-21-14-22-38-70)62-78(108(7,8)9)63-85(101)71-39-23-15-24-40-71/h13-68H,1-12H3/i13D,17D,18D,19D,20D,27D,28D,29D,30D,31D,32D,33D,34D,35D,36D,43D,44D,45D,46D,47D,48D,49D,50D. The van der Waals surface area contributed by atoms with Crippen molar-refractivity contribution >= 4 is 101 Å². The van der Waals surface area contributed by atoms with Crippen molar-refractivity contribution in [1.29, 1.82) is 0 Å². The Kier molecular flexibility index (Phi) is 12.2. The molecular formula is C109H92BN7. The minimum absolute atomic E-state index is 0.0363. The van der Waals surface area contributed by atoms with Crippen LogP contribution >= 0.6 is 0 Å². The van der Waals surface area contributed by atoms with Gasteiger partial charge in [0.05, 0.1) is 70.7 Å². The van der Waals surface area contributed by atoms with Crippen LogP contribution in [0.15, 0.2) is 339 Å².